The summed E-state index contributed by atoms with van der Waals surface area (Å²) in [5.74, 6) is 2.51. The van der Waals surface area contributed by atoms with E-state index in [1.54, 1.807) is 0 Å². The van der Waals surface area contributed by atoms with Gasteiger partial charge in [-0.05, 0) is 62.7 Å². The second kappa shape index (κ2) is 10.7. The molecule has 30 heavy (non-hydrogen) atoms. The number of aryl methyl sites for hydroxylation is 2. The number of thioether (sulfide) groups is 1. The summed E-state index contributed by atoms with van der Waals surface area (Å²) in [6.07, 6.45) is 0. The highest BCUT2D eigenvalue weighted by molar-refractivity contribution is 7.99. The Morgan fingerprint density at radius 1 is 1.07 bits per heavy atom. The first-order valence-electron chi connectivity index (χ1n) is 9.81. The molecule has 0 fully saturated rings. The third kappa shape index (κ3) is 6.00. The van der Waals surface area contributed by atoms with Crippen molar-refractivity contribution in [1.29, 1.82) is 0 Å². The van der Waals surface area contributed by atoms with Crippen LogP contribution in [0.2, 0.25) is 0 Å². The Kier molecular flexibility index (Phi) is 7.73. The van der Waals surface area contributed by atoms with Crippen molar-refractivity contribution in [1.82, 2.24) is 20.1 Å². The zero-order valence-corrected chi connectivity index (χ0v) is 18.2. The van der Waals surface area contributed by atoms with Crippen LogP contribution in [0, 0.1) is 13.8 Å². The molecule has 0 aliphatic heterocycles. The van der Waals surface area contributed by atoms with E-state index in [-0.39, 0.29) is 11.7 Å². The molecule has 7 nitrogen and oxygen atoms in total. The summed E-state index contributed by atoms with van der Waals surface area (Å²) in [5.41, 5.74) is 2.14. The fourth-order valence-corrected chi connectivity index (χ4v) is 3.67. The van der Waals surface area contributed by atoms with Gasteiger partial charge in [0, 0.05) is 5.69 Å². The Morgan fingerprint density at radius 3 is 2.50 bits per heavy atom. The minimum Gasteiger partial charge on any atom is -0.494 e. The van der Waals surface area contributed by atoms with Crippen molar-refractivity contribution in [3.8, 4) is 17.2 Å². The van der Waals surface area contributed by atoms with Gasteiger partial charge in [-0.3, -0.25) is 9.36 Å². The Balaban J connectivity index is 1.44. The number of carbonyl (C=O) groups is 1. The van der Waals surface area contributed by atoms with Gasteiger partial charge in [0.1, 0.15) is 23.9 Å². The van der Waals surface area contributed by atoms with E-state index in [9.17, 15) is 4.79 Å². The Labute approximate surface area is 180 Å². The molecule has 0 spiro atoms. The average molecular weight is 427 g/mol. The van der Waals surface area contributed by atoms with E-state index < -0.39 is 0 Å². The second-order valence-corrected chi connectivity index (χ2v) is 7.54. The summed E-state index contributed by atoms with van der Waals surface area (Å²) in [5, 5.41) is 11.9. The molecule has 0 atom stereocenters. The molecule has 158 valence electrons. The number of benzene rings is 2. The van der Waals surface area contributed by atoms with Crippen molar-refractivity contribution in [2.75, 3.05) is 25.5 Å². The van der Waals surface area contributed by atoms with E-state index in [1.807, 2.05) is 67.8 Å². The third-order valence-corrected chi connectivity index (χ3v) is 5.14. The van der Waals surface area contributed by atoms with Crippen LogP contribution in [0.15, 0.2) is 53.7 Å². The summed E-state index contributed by atoms with van der Waals surface area (Å²) in [4.78, 5) is 12.2. The molecule has 0 saturated heterocycles. The number of carbonyl (C=O) groups excluding carboxylic acids is 1. The summed E-state index contributed by atoms with van der Waals surface area (Å²) >= 11 is 1.36. The van der Waals surface area contributed by atoms with Crippen LogP contribution in [0.1, 0.15) is 18.3 Å². The van der Waals surface area contributed by atoms with Gasteiger partial charge < -0.3 is 14.8 Å². The zero-order valence-electron chi connectivity index (χ0n) is 17.4. The first kappa shape index (κ1) is 21.7. The van der Waals surface area contributed by atoms with Crippen LogP contribution in [-0.4, -0.2) is 46.2 Å². The standard InChI is InChI=1S/C22H26N4O3S/c1-4-28-19-8-10-20(11-9-19)29-13-12-23-21(27)15-30-22-25-24-17(3)26(22)18-7-5-6-16(2)14-18/h5-11,14H,4,12-13,15H2,1-3H3,(H,23,27). The molecule has 2 aromatic carbocycles. The number of aromatic nitrogens is 3. The van der Waals surface area contributed by atoms with Gasteiger partial charge in [-0.2, -0.15) is 0 Å². The molecular weight excluding hydrogens is 400 g/mol. The normalized spacial score (nSPS) is 10.6. The molecule has 1 amide bonds. The fourth-order valence-electron chi connectivity index (χ4n) is 2.84. The minimum atomic E-state index is -0.0771. The molecule has 1 aromatic heterocycles. The maximum Gasteiger partial charge on any atom is 0.230 e. The van der Waals surface area contributed by atoms with Crippen LogP contribution < -0.4 is 14.8 Å². The summed E-state index contributed by atoms with van der Waals surface area (Å²) in [7, 11) is 0. The van der Waals surface area contributed by atoms with Crippen LogP contribution in [-0.2, 0) is 4.79 Å². The number of hydrogen-bond donors (Lipinski definition) is 1. The lowest BCUT2D eigenvalue weighted by Gasteiger charge is -2.10. The lowest BCUT2D eigenvalue weighted by atomic mass is 10.2. The largest absolute Gasteiger partial charge is 0.494 e. The number of amides is 1. The lowest BCUT2D eigenvalue weighted by molar-refractivity contribution is -0.118. The van der Waals surface area contributed by atoms with Gasteiger partial charge in [0.2, 0.25) is 5.91 Å². The maximum atomic E-state index is 12.2. The molecule has 0 radical (unpaired) electrons. The van der Waals surface area contributed by atoms with Crippen molar-refractivity contribution < 1.29 is 14.3 Å². The Hall–Kier alpha value is -3.00. The molecule has 1 N–H and O–H groups in total. The Morgan fingerprint density at radius 2 is 1.80 bits per heavy atom. The molecule has 0 bridgehead atoms. The topological polar surface area (TPSA) is 78.3 Å². The predicted octanol–water partition coefficient (Wildman–Crippen LogP) is 3.57. The lowest BCUT2D eigenvalue weighted by Crippen LogP contribution is -2.29. The minimum absolute atomic E-state index is 0.0771. The smallest absolute Gasteiger partial charge is 0.230 e. The van der Waals surface area contributed by atoms with E-state index >= 15 is 0 Å². The van der Waals surface area contributed by atoms with Crippen LogP contribution in [0.5, 0.6) is 11.5 Å². The van der Waals surface area contributed by atoms with Crippen LogP contribution in [0.25, 0.3) is 5.69 Å². The number of rotatable bonds is 10. The molecule has 0 aliphatic carbocycles. The van der Waals surface area contributed by atoms with Crippen molar-refractivity contribution in [2.45, 2.75) is 25.9 Å². The average Bonchev–Trinajstić information content (AvgIpc) is 3.11. The van der Waals surface area contributed by atoms with E-state index in [1.165, 1.54) is 11.8 Å². The zero-order chi connectivity index (χ0) is 21.3. The van der Waals surface area contributed by atoms with Crippen LogP contribution in [0.4, 0.5) is 0 Å². The molecule has 0 unspecified atom stereocenters. The number of nitrogens with one attached hydrogen (secondary N) is 1. The SMILES string of the molecule is CCOc1ccc(OCCNC(=O)CSc2nnc(C)n2-c2cccc(C)c2)cc1. The number of nitrogens with zero attached hydrogens (tertiary/aromatic N) is 3. The van der Waals surface area contributed by atoms with E-state index in [0.717, 1.165) is 28.6 Å². The first-order chi connectivity index (χ1) is 14.6. The van der Waals surface area contributed by atoms with Crippen LogP contribution >= 0.6 is 11.8 Å². The molecule has 8 heteroatoms. The fraction of sp³-hybridized carbons (Fsp3) is 0.318. The highest BCUT2D eigenvalue weighted by Crippen LogP contribution is 2.22. The van der Waals surface area contributed by atoms with Crippen molar-refractivity contribution in [3.63, 3.8) is 0 Å². The van der Waals surface area contributed by atoms with Gasteiger partial charge in [-0.15, -0.1) is 10.2 Å². The molecule has 0 aliphatic rings. The second-order valence-electron chi connectivity index (χ2n) is 6.60. The van der Waals surface area contributed by atoms with Gasteiger partial charge in [-0.1, -0.05) is 23.9 Å². The summed E-state index contributed by atoms with van der Waals surface area (Å²) in [6.45, 7) is 7.33. The van der Waals surface area contributed by atoms with Gasteiger partial charge >= 0.3 is 0 Å². The van der Waals surface area contributed by atoms with Gasteiger partial charge in [-0.25, -0.2) is 0 Å². The highest BCUT2D eigenvalue weighted by atomic mass is 32.2. The Bertz CT molecular complexity index is 973. The van der Waals surface area contributed by atoms with Crippen molar-refractivity contribution >= 4 is 17.7 Å². The molecule has 3 rings (SSSR count). The molecular formula is C22H26N4O3S. The third-order valence-electron chi connectivity index (χ3n) is 4.22. The quantitative estimate of drug-likeness (QED) is 0.394. The van der Waals surface area contributed by atoms with Crippen molar-refractivity contribution in [2.24, 2.45) is 0 Å². The predicted molar refractivity (Wildman–Crippen MR) is 118 cm³/mol. The monoisotopic (exact) mass is 426 g/mol. The van der Waals surface area contributed by atoms with E-state index in [4.69, 9.17) is 9.47 Å². The van der Waals surface area contributed by atoms with Gasteiger partial charge in [0.25, 0.3) is 0 Å². The van der Waals surface area contributed by atoms with Gasteiger partial charge in [0.05, 0.1) is 18.9 Å². The summed E-state index contributed by atoms with van der Waals surface area (Å²) in [6, 6.07) is 15.5. The van der Waals surface area contributed by atoms with E-state index in [2.05, 4.69) is 21.6 Å². The number of ether oxygens (including phenoxy) is 2. The number of hydrogen-bond acceptors (Lipinski definition) is 6. The maximum absolute atomic E-state index is 12.2. The van der Waals surface area contributed by atoms with Crippen molar-refractivity contribution in [3.05, 3.63) is 59.9 Å². The highest BCUT2D eigenvalue weighted by Gasteiger charge is 2.13. The van der Waals surface area contributed by atoms with Crippen LogP contribution in [0.3, 0.4) is 0 Å². The molecule has 0 saturated carbocycles. The molecule has 3 aromatic rings. The van der Waals surface area contributed by atoms with E-state index in [0.29, 0.717) is 24.9 Å². The molecule has 1 heterocycles. The van der Waals surface area contributed by atoms with Gasteiger partial charge in [0.15, 0.2) is 5.16 Å². The summed E-state index contributed by atoms with van der Waals surface area (Å²) < 4.78 is 13.0. The first-order valence-corrected chi connectivity index (χ1v) is 10.8.